The molecule has 18 heavy (non-hydrogen) atoms. The molecule has 0 aromatic heterocycles. The second-order valence-electron chi connectivity index (χ2n) is 6.23. The summed E-state index contributed by atoms with van der Waals surface area (Å²) in [4.78, 5) is 0. The highest BCUT2D eigenvalue weighted by atomic mass is 19.1. The first-order chi connectivity index (χ1) is 8.68. The molecule has 0 aromatic carbocycles. The summed E-state index contributed by atoms with van der Waals surface area (Å²) >= 11 is 0. The van der Waals surface area contributed by atoms with Gasteiger partial charge in [-0.25, -0.2) is 4.39 Å². The Kier molecular flexibility index (Phi) is 5.23. The van der Waals surface area contributed by atoms with Gasteiger partial charge in [-0.3, -0.25) is 0 Å². The zero-order chi connectivity index (χ0) is 12.8. The molecular formula is C16H28FN. The zero-order valence-electron chi connectivity index (χ0n) is 11.8. The molecule has 1 fully saturated rings. The van der Waals surface area contributed by atoms with Gasteiger partial charge in [0.05, 0.1) is 0 Å². The molecule has 2 unspecified atom stereocenters. The Hall–Kier alpha value is -0.370. The van der Waals surface area contributed by atoms with Gasteiger partial charge in [0.1, 0.15) is 5.67 Å². The monoisotopic (exact) mass is 253 g/mol. The number of hydrogen-bond acceptors (Lipinski definition) is 1. The van der Waals surface area contributed by atoms with Crippen molar-refractivity contribution in [1.29, 1.82) is 0 Å². The van der Waals surface area contributed by atoms with Crippen molar-refractivity contribution in [2.24, 2.45) is 0 Å². The van der Waals surface area contributed by atoms with E-state index in [0.29, 0.717) is 12.5 Å². The lowest BCUT2D eigenvalue weighted by Gasteiger charge is -2.32. The van der Waals surface area contributed by atoms with Crippen molar-refractivity contribution in [3.8, 4) is 0 Å². The number of halogens is 1. The first-order valence-corrected chi connectivity index (χ1v) is 7.80. The maximum atomic E-state index is 15.0. The molecule has 1 N–H and O–H groups in total. The lowest BCUT2D eigenvalue weighted by Crippen LogP contribution is -2.40. The third-order valence-electron chi connectivity index (χ3n) is 4.50. The minimum atomic E-state index is -1.09. The van der Waals surface area contributed by atoms with Crippen molar-refractivity contribution in [1.82, 2.24) is 5.32 Å². The first-order valence-electron chi connectivity index (χ1n) is 7.80. The van der Waals surface area contributed by atoms with Crippen LogP contribution in [0.3, 0.4) is 0 Å². The Morgan fingerprint density at radius 2 is 2.06 bits per heavy atom. The average Bonchev–Trinajstić information content (AvgIpc) is 2.28. The van der Waals surface area contributed by atoms with Gasteiger partial charge in [0, 0.05) is 12.5 Å². The highest BCUT2D eigenvalue weighted by molar-refractivity contribution is 5.17. The molecule has 0 spiro atoms. The highest BCUT2D eigenvalue weighted by Crippen LogP contribution is 2.34. The van der Waals surface area contributed by atoms with Gasteiger partial charge >= 0.3 is 0 Å². The predicted molar refractivity (Wildman–Crippen MR) is 75.6 cm³/mol. The Balaban J connectivity index is 1.94. The highest BCUT2D eigenvalue weighted by Gasteiger charge is 2.32. The Morgan fingerprint density at radius 1 is 1.22 bits per heavy atom. The minimum Gasteiger partial charge on any atom is -0.314 e. The van der Waals surface area contributed by atoms with Crippen LogP contribution in [0, 0.1) is 0 Å². The van der Waals surface area contributed by atoms with Gasteiger partial charge in [0.15, 0.2) is 0 Å². The van der Waals surface area contributed by atoms with E-state index in [1.54, 1.807) is 6.92 Å². The van der Waals surface area contributed by atoms with Crippen molar-refractivity contribution < 1.29 is 4.39 Å². The smallest absolute Gasteiger partial charge is 0.130 e. The third kappa shape index (κ3) is 4.08. The molecule has 0 radical (unpaired) electrons. The number of allylic oxidation sites excluding steroid dienone is 2. The molecule has 0 saturated carbocycles. The van der Waals surface area contributed by atoms with E-state index < -0.39 is 5.67 Å². The average molecular weight is 253 g/mol. The van der Waals surface area contributed by atoms with Crippen molar-refractivity contribution in [3.63, 3.8) is 0 Å². The maximum absolute atomic E-state index is 15.0. The summed E-state index contributed by atoms with van der Waals surface area (Å²) in [5, 5.41) is 3.48. The molecule has 1 heterocycles. The first kappa shape index (κ1) is 14.0. The topological polar surface area (TPSA) is 12.0 Å². The van der Waals surface area contributed by atoms with E-state index in [1.165, 1.54) is 38.5 Å². The van der Waals surface area contributed by atoms with Crippen molar-refractivity contribution in [2.75, 3.05) is 6.54 Å². The lowest BCUT2D eigenvalue weighted by atomic mass is 9.83. The fourth-order valence-electron chi connectivity index (χ4n) is 3.36. The van der Waals surface area contributed by atoms with Gasteiger partial charge in [0.25, 0.3) is 0 Å². The standard InChI is InChI=1S/C16H28FN/c1-16(17,13-15-11-7-8-12-18-15)14-9-5-3-2-4-6-10-14/h9,15,18H,2-8,10-13H2,1H3. The Labute approximate surface area is 111 Å². The van der Waals surface area contributed by atoms with Crippen LogP contribution in [0.25, 0.3) is 0 Å². The molecule has 1 nitrogen and oxygen atoms in total. The second kappa shape index (κ2) is 6.70. The number of alkyl halides is 1. The van der Waals surface area contributed by atoms with Crippen LogP contribution in [0.2, 0.25) is 0 Å². The molecule has 2 aliphatic rings. The summed E-state index contributed by atoms with van der Waals surface area (Å²) in [7, 11) is 0. The largest absolute Gasteiger partial charge is 0.314 e. The van der Waals surface area contributed by atoms with Crippen LogP contribution in [-0.2, 0) is 0 Å². The van der Waals surface area contributed by atoms with Crippen LogP contribution in [0.15, 0.2) is 11.6 Å². The van der Waals surface area contributed by atoms with Crippen LogP contribution in [0.1, 0.15) is 71.1 Å². The normalized spacial score (nSPS) is 29.9. The fourth-order valence-corrected chi connectivity index (χ4v) is 3.36. The van der Waals surface area contributed by atoms with E-state index in [9.17, 15) is 4.39 Å². The van der Waals surface area contributed by atoms with Crippen LogP contribution < -0.4 is 5.32 Å². The summed E-state index contributed by atoms with van der Waals surface area (Å²) in [6, 6.07) is 0.389. The van der Waals surface area contributed by atoms with E-state index in [2.05, 4.69) is 11.4 Å². The van der Waals surface area contributed by atoms with Crippen molar-refractivity contribution >= 4 is 0 Å². The van der Waals surface area contributed by atoms with Gasteiger partial charge in [-0.1, -0.05) is 25.3 Å². The van der Waals surface area contributed by atoms with Gasteiger partial charge in [-0.15, -0.1) is 0 Å². The Morgan fingerprint density at radius 3 is 2.83 bits per heavy atom. The number of piperidine rings is 1. The Bertz CT molecular complexity index is 277. The quantitative estimate of drug-likeness (QED) is 0.729. The van der Waals surface area contributed by atoms with Crippen LogP contribution in [0.5, 0.6) is 0 Å². The third-order valence-corrected chi connectivity index (χ3v) is 4.50. The summed E-state index contributed by atoms with van der Waals surface area (Å²) in [6.45, 7) is 2.87. The zero-order valence-corrected chi connectivity index (χ0v) is 11.8. The fraction of sp³-hybridized carbons (Fsp3) is 0.875. The summed E-state index contributed by atoms with van der Waals surface area (Å²) in [6.07, 6.45) is 13.6. The van der Waals surface area contributed by atoms with E-state index >= 15 is 0 Å². The molecule has 2 heteroatoms. The van der Waals surface area contributed by atoms with Gasteiger partial charge in [-0.05, 0) is 57.6 Å². The van der Waals surface area contributed by atoms with Gasteiger partial charge < -0.3 is 5.32 Å². The molecule has 1 aliphatic carbocycles. The molecule has 0 bridgehead atoms. The molecule has 0 amide bonds. The SMILES string of the molecule is CC(F)(CC1CCCCN1)C1=CCCCCCC1. The number of hydrogen-bond donors (Lipinski definition) is 1. The van der Waals surface area contributed by atoms with E-state index in [-0.39, 0.29) is 0 Å². The summed E-state index contributed by atoms with van der Waals surface area (Å²) in [5.74, 6) is 0. The van der Waals surface area contributed by atoms with Crippen LogP contribution >= 0.6 is 0 Å². The second-order valence-corrected chi connectivity index (χ2v) is 6.23. The molecule has 1 saturated heterocycles. The van der Waals surface area contributed by atoms with Crippen LogP contribution in [0.4, 0.5) is 4.39 Å². The summed E-state index contributed by atoms with van der Waals surface area (Å²) in [5.41, 5.74) is -0.0126. The molecule has 2 atom stereocenters. The van der Waals surface area contributed by atoms with Crippen molar-refractivity contribution in [3.05, 3.63) is 11.6 Å². The number of rotatable bonds is 3. The van der Waals surface area contributed by atoms with E-state index in [1.807, 2.05) is 0 Å². The predicted octanol–water partition coefficient (Wildman–Crippen LogP) is 4.53. The van der Waals surface area contributed by atoms with Gasteiger partial charge in [-0.2, -0.15) is 0 Å². The minimum absolute atomic E-state index is 0.389. The van der Waals surface area contributed by atoms with Gasteiger partial charge in [0.2, 0.25) is 0 Å². The molecule has 2 rings (SSSR count). The van der Waals surface area contributed by atoms with E-state index in [4.69, 9.17) is 0 Å². The molecular weight excluding hydrogens is 225 g/mol. The van der Waals surface area contributed by atoms with Crippen LogP contribution in [-0.4, -0.2) is 18.3 Å². The van der Waals surface area contributed by atoms with Crippen molar-refractivity contribution in [2.45, 2.75) is 82.8 Å². The summed E-state index contributed by atoms with van der Waals surface area (Å²) < 4.78 is 15.0. The molecule has 0 aromatic rings. The molecule has 1 aliphatic heterocycles. The number of nitrogens with one attached hydrogen (secondary N) is 1. The molecule has 104 valence electrons. The maximum Gasteiger partial charge on any atom is 0.130 e. The van der Waals surface area contributed by atoms with E-state index in [0.717, 1.165) is 31.4 Å². The lowest BCUT2D eigenvalue weighted by molar-refractivity contribution is 0.179.